The molecular weight excluding hydrogens is 392 g/mol. The van der Waals surface area contributed by atoms with Gasteiger partial charge in [-0.15, -0.1) is 0 Å². The van der Waals surface area contributed by atoms with Crippen LogP contribution in [0, 0.1) is 0 Å². The zero-order valence-corrected chi connectivity index (χ0v) is 16.9. The lowest BCUT2D eigenvalue weighted by molar-refractivity contribution is -0.117. The van der Waals surface area contributed by atoms with E-state index in [2.05, 4.69) is 15.6 Å². The third-order valence-electron chi connectivity index (χ3n) is 5.09. The van der Waals surface area contributed by atoms with E-state index in [1.165, 1.54) is 0 Å². The molecule has 0 saturated carbocycles. The highest BCUT2D eigenvalue weighted by atomic mass is 16.2. The minimum absolute atomic E-state index is 0.0631. The van der Waals surface area contributed by atoms with Crippen molar-refractivity contribution in [2.75, 3.05) is 16.8 Å². The summed E-state index contributed by atoms with van der Waals surface area (Å²) in [6.07, 6.45) is 4.70. The molecule has 0 bridgehead atoms. The van der Waals surface area contributed by atoms with Gasteiger partial charge >= 0.3 is 0 Å². The molecule has 1 saturated heterocycles. The first-order valence-electron chi connectivity index (χ1n) is 10.1. The third-order valence-corrected chi connectivity index (χ3v) is 5.09. The van der Waals surface area contributed by atoms with E-state index in [1.54, 1.807) is 65.8 Å². The smallest absolute Gasteiger partial charge is 0.255 e. The Bertz CT molecular complexity index is 1110. The molecule has 31 heavy (non-hydrogen) atoms. The number of anilines is 2. The van der Waals surface area contributed by atoms with Crippen molar-refractivity contribution in [1.29, 1.82) is 0 Å². The van der Waals surface area contributed by atoms with Crippen LogP contribution in [0.1, 0.15) is 39.1 Å². The summed E-state index contributed by atoms with van der Waals surface area (Å²) in [5, 5.41) is 5.66. The van der Waals surface area contributed by atoms with Crippen LogP contribution in [0.3, 0.4) is 0 Å². The molecule has 1 fully saturated rings. The van der Waals surface area contributed by atoms with Crippen molar-refractivity contribution in [3.63, 3.8) is 0 Å². The van der Waals surface area contributed by atoms with E-state index in [1.807, 2.05) is 12.1 Å². The fraction of sp³-hybridized carbons (Fsp3) is 0.167. The summed E-state index contributed by atoms with van der Waals surface area (Å²) in [4.78, 5) is 43.3. The number of pyridine rings is 1. The molecule has 0 unspecified atom stereocenters. The first-order valence-corrected chi connectivity index (χ1v) is 10.1. The second-order valence-corrected chi connectivity index (χ2v) is 7.24. The fourth-order valence-corrected chi connectivity index (χ4v) is 3.50. The Kier molecular flexibility index (Phi) is 6.03. The van der Waals surface area contributed by atoms with Crippen LogP contribution in [0.4, 0.5) is 11.4 Å². The average molecular weight is 414 g/mol. The fourth-order valence-electron chi connectivity index (χ4n) is 3.50. The number of nitrogens with zero attached hydrogens (tertiary/aromatic N) is 2. The Balaban J connectivity index is 1.48. The zero-order valence-electron chi connectivity index (χ0n) is 16.9. The normalized spacial score (nSPS) is 13.2. The maximum Gasteiger partial charge on any atom is 0.255 e. The molecular formula is C24H22N4O3. The van der Waals surface area contributed by atoms with E-state index >= 15 is 0 Å². The van der Waals surface area contributed by atoms with Gasteiger partial charge in [0.15, 0.2) is 0 Å². The van der Waals surface area contributed by atoms with Gasteiger partial charge in [0, 0.05) is 43.2 Å². The second kappa shape index (κ2) is 9.21. The zero-order chi connectivity index (χ0) is 21.6. The molecule has 2 aromatic carbocycles. The SMILES string of the molecule is O=C(Nc1ccccc1C(=O)NCc1cccnc1)c1cccc(N2CCCC2=O)c1. The topological polar surface area (TPSA) is 91.4 Å². The van der Waals surface area contributed by atoms with E-state index in [0.717, 1.165) is 12.0 Å². The van der Waals surface area contributed by atoms with Crippen LogP contribution in [0.15, 0.2) is 73.1 Å². The average Bonchev–Trinajstić information content (AvgIpc) is 3.24. The van der Waals surface area contributed by atoms with Crippen molar-refractivity contribution in [2.24, 2.45) is 0 Å². The number of amides is 3. The molecule has 1 aromatic heterocycles. The number of hydrogen-bond donors (Lipinski definition) is 2. The molecule has 2 N–H and O–H groups in total. The number of carbonyl (C=O) groups excluding carboxylic acids is 3. The van der Waals surface area contributed by atoms with Crippen LogP contribution < -0.4 is 15.5 Å². The van der Waals surface area contributed by atoms with Crippen LogP contribution in [-0.4, -0.2) is 29.3 Å². The predicted octanol–water partition coefficient (Wildman–Crippen LogP) is 3.39. The predicted molar refractivity (Wildman–Crippen MR) is 118 cm³/mol. The van der Waals surface area contributed by atoms with Gasteiger partial charge < -0.3 is 15.5 Å². The van der Waals surface area contributed by atoms with Gasteiger partial charge in [0.05, 0.1) is 11.3 Å². The van der Waals surface area contributed by atoms with Crippen molar-refractivity contribution >= 4 is 29.1 Å². The molecule has 0 spiro atoms. The molecule has 0 aliphatic carbocycles. The van der Waals surface area contributed by atoms with Crippen molar-refractivity contribution in [3.05, 3.63) is 89.7 Å². The Morgan fingerprint density at radius 2 is 1.87 bits per heavy atom. The van der Waals surface area contributed by atoms with Crippen LogP contribution in [0.5, 0.6) is 0 Å². The maximum atomic E-state index is 12.9. The Hall–Kier alpha value is -4.00. The van der Waals surface area contributed by atoms with Crippen molar-refractivity contribution in [3.8, 4) is 0 Å². The first-order chi connectivity index (χ1) is 15.1. The van der Waals surface area contributed by atoms with Gasteiger partial charge in [0.25, 0.3) is 11.8 Å². The molecule has 1 aliphatic heterocycles. The Morgan fingerprint density at radius 1 is 1.00 bits per heavy atom. The molecule has 3 aromatic rings. The van der Waals surface area contributed by atoms with Gasteiger partial charge in [0.2, 0.25) is 5.91 Å². The lowest BCUT2D eigenvalue weighted by Crippen LogP contribution is -2.25. The minimum Gasteiger partial charge on any atom is -0.348 e. The summed E-state index contributed by atoms with van der Waals surface area (Å²) < 4.78 is 0. The number of hydrogen-bond acceptors (Lipinski definition) is 4. The summed E-state index contributed by atoms with van der Waals surface area (Å²) in [5.74, 6) is -0.578. The van der Waals surface area contributed by atoms with Crippen LogP contribution in [0.25, 0.3) is 0 Å². The van der Waals surface area contributed by atoms with Gasteiger partial charge in [-0.05, 0) is 48.4 Å². The quantitative estimate of drug-likeness (QED) is 0.647. The van der Waals surface area contributed by atoms with E-state index in [-0.39, 0.29) is 17.7 Å². The summed E-state index contributed by atoms with van der Waals surface area (Å²) in [6, 6.07) is 17.5. The van der Waals surface area contributed by atoms with Gasteiger partial charge in [0.1, 0.15) is 0 Å². The van der Waals surface area contributed by atoms with Gasteiger partial charge in [-0.3, -0.25) is 19.4 Å². The number of rotatable bonds is 6. The molecule has 1 aliphatic rings. The van der Waals surface area contributed by atoms with Crippen LogP contribution in [0.2, 0.25) is 0 Å². The van der Waals surface area contributed by atoms with Crippen molar-refractivity contribution in [2.45, 2.75) is 19.4 Å². The van der Waals surface area contributed by atoms with Crippen molar-refractivity contribution in [1.82, 2.24) is 10.3 Å². The summed E-state index contributed by atoms with van der Waals surface area (Å²) in [5.41, 5.74) is 2.79. The highest BCUT2D eigenvalue weighted by Gasteiger charge is 2.22. The van der Waals surface area contributed by atoms with E-state index < -0.39 is 0 Å². The number of aromatic nitrogens is 1. The van der Waals surface area contributed by atoms with Crippen LogP contribution in [-0.2, 0) is 11.3 Å². The monoisotopic (exact) mass is 414 g/mol. The minimum atomic E-state index is -0.346. The Labute approximate surface area is 180 Å². The second-order valence-electron chi connectivity index (χ2n) is 7.24. The molecule has 0 atom stereocenters. The highest BCUT2D eigenvalue weighted by Crippen LogP contribution is 2.23. The highest BCUT2D eigenvalue weighted by molar-refractivity contribution is 6.09. The van der Waals surface area contributed by atoms with Crippen molar-refractivity contribution < 1.29 is 14.4 Å². The van der Waals surface area contributed by atoms with Gasteiger partial charge in [-0.1, -0.05) is 24.3 Å². The van der Waals surface area contributed by atoms with E-state index in [9.17, 15) is 14.4 Å². The van der Waals surface area contributed by atoms with E-state index in [0.29, 0.717) is 42.0 Å². The number of carbonyl (C=O) groups is 3. The summed E-state index contributed by atoms with van der Waals surface area (Å²) >= 11 is 0. The standard InChI is InChI=1S/C24H22N4O3/c29-22-11-5-13-28(22)19-8-3-7-18(14-19)23(30)27-21-10-2-1-9-20(21)24(31)26-16-17-6-4-12-25-15-17/h1-4,6-10,12,14-15H,5,11,13,16H2,(H,26,31)(H,27,30). The molecule has 3 amide bonds. The largest absolute Gasteiger partial charge is 0.348 e. The summed E-state index contributed by atoms with van der Waals surface area (Å²) in [6.45, 7) is 0.991. The lowest BCUT2D eigenvalue weighted by atomic mass is 10.1. The maximum absolute atomic E-state index is 12.9. The van der Waals surface area contributed by atoms with Gasteiger partial charge in [-0.25, -0.2) is 0 Å². The molecule has 0 radical (unpaired) electrons. The summed E-state index contributed by atoms with van der Waals surface area (Å²) in [7, 11) is 0. The number of benzene rings is 2. The number of para-hydroxylation sites is 1. The molecule has 156 valence electrons. The number of nitrogens with one attached hydrogen (secondary N) is 2. The lowest BCUT2D eigenvalue weighted by Gasteiger charge is -2.17. The Morgan fingerprint density at radius 3 is 2.65 bits per heavy atom. The molecule has 4 rings (SSSR count). The molecule has 7 heteroatoms. The van der Waals surface area contributed by atoms with Gasteiger partial charge in [-0.2, -0.15) is 0 Å². The van der Waals surface area contributed by atoms with Crippen LogP contribution >= 0.6 is 0 Å². The third kappa shape index (κ3) is 4.78. The van der Waals surface area contributed by atoms with E-state index in [4.69, 9.17) is 0 Å². The molecule has 7 nitrogen and oxygen atoms in total. The first kappa shape index (κ1) is 20.3. The molecule has 2 heterocycles.